The second-order valence-corrected chi connectivity index (χ2v) is 8.83. The summed E-state index contributed by atoms with van der Waals surface area (Å²) in [4.78, 5) is 12.7. The summed E-state index contributed by atoms with van der Waals surface area (Å²) < 4.78 is 30.7. The zero-order valence-corrected chi connectivity index (χ0v) is 15.0. The molecule has 0 saturated carbocycles. The molecule has 0 radical (unpaired) electrons. The van der Waals surface area contributed by atoms with Gasteiger partial charge in [0.15, 0.2) is 9.84 Å². The van der Waals surface area contributed by atoms with Crippen molar-refractivity contribution in [3.63, 3.8) is 0 Å². The van der Waals surface area contributed by atoms with Gasteiger partial charge in [-0.05, 0) is 18.1 Å². The number of fused-ring (bicyclic) bond motifs is 1. The normalized spacial score (nSPS) is 18.8. The van der Waals surface area contributed by atoms with Crippen molar-refractivity contribution < 1.29 is 17.9 Å². The zero-order chi connectivity index (χ0) is 18.1. The third-order valence-electron chi connectivity index (χ3n) is 4.67. The first-order chi connectivity index (χ1) is 12.5. The summed E-state index contributed by atoms with van der Waals surface area (Å²) in [5, 5.41) is 0.814. The highest BCUT2D eigenvalue weighted by atomic mass is 32.2. The van der Waals surface area contributed by atoms with Crippen molar-refractivity contribution in [2.24, 2.45) is 0 Å². The number of sulfone groups is 1. The smallest absolute Gasteiger partial charge is 0.340 e. The van der Waals surface area contributed by atoms with Crippen LogP contribution in [0, 0.1) is 0 Å². The molecule has 1 fully saturated rings. The number of esters is 1. The van der Waals surface area contributed by atoms with Crippen LogP contribution in [0.4, 0.5) is 0 Å². The molecule has 2 heterocycles. The minimum Gasteiger partial charge on any atom is -0.458 e. The van der Waals surface area contributed by atoms with Crippen LogP contribution in [0.25, 0.3) is 10.9 Å². The number of carbonyl (C=O) groups is 1. The Balaban J connectivity index is 1.64. The summed E-state index contributed by atoms with van der Waals surface area (Å²) in [5.41, 5.74) is 2.55. The topological polar surface area (TPSA) is 65.4 Å². The van der Waals surface area contributed by atoms with E-state index in [1.165, 1.54) is 0 Å². The molecule has 134 valence electrons. The van der Waals surface area contributed by atoms with E-state index >= 15 is 0 Å². The number of ether oxygens (including phenoxy) is 1. The number of hydrogen-bond acceptors (Lipinski definition) is 4. The Morgan fingerprint density at radius 3 is 2.54 bits per heavy atom. The Bertz CT molecular complexity index is 1050. The van der Waals surface area contributed by atoms with E-state index in [0.29, 0.717) is 18.5 Å². The molecule has 0 N–H and O–H groups in total. The number of benzene rings is 2. The van der Waals surface area contributed by atoms with Gasteiger partial charge in [0, 0.05) is 23.6 Å². The van der Waals surface area contributed by atoms with Gasteiger partial charge >= 0.3 is 5.97 Å². The Labute approximate surface area is 152 Å². The average molecular weight is 369 g/mol. The largest absolute Gasteiger partial charge is 0.458 e. The molecule has 4 rings (SSSR count). The first-order valence-electron chi connectivity index (χ1n) is 8.55. The average Bonchev–Trinajstić information content (AvgIpc) is 3.16. The molecule has 1 aromatic heterocycles. The van der Waals surface area contributed by atoms with E-state index in [2.05, 4.69) is 0 Å². The lowest BCUT2D eigenvalue weighted by Crippen LogP contribution is -2.19. The standard InChI is InChI=1S/C20H19NO4S/c22-20(25-16-10-11-26(23,24)14-16)18-13-21(12-15-6-2-1-3-7-15)19-9-5-4-8-17(18)19/h1-9,13,16H,10-12,14H2/t16-/m1/s1. The SMILES string of the molecule is O=C(O[C@@H]1CCS(=O)(=O)C1)c1cn(Cc2ccccc2)c2ccccc12. The van der Waals surface area contributed by atoms with Crippen LogP contribution in [0.1, 0.15) is 22.3 Å². The third kappa shape index (κ3) is 3.37. The van der Waals surface area contributed by atoms with Gasteiger partial charge in [-0.15, -0.1) is 0 Å². The van der Waals surface area contributed by atoms with E-state index in [4.69, 9.17) is 4.74 Å². The number of carbonyl (C=O) groups excluding carboxylic acids is 1. The van der Waals surface area contributed by atoms with Gasteiger partial charge in [-0.3, -0.25) is 0 Å². The molecular weight excluding hydrogens is 350 g/mol. The van der Waals surface area contributed by atoms with E-state index in [-0.39, 0.29) is 11.5 Å². The summed E-state index contributed by atoms with van der Waals surface area (Å²) in [6, 6.07) is 17.7. The molecule has 0 spiro atoms. The second-order valence-electron chi connectivity index (χ2n) is 6.60. The first-order valence-corrected chi connectivity index (χ1v) is 10.4. The molecule has 3 aromatic rings. The van der Waals surface area contributed by atoms with Crippen LogP contribution >= 0.6 is 0 Å². The number of rotatable bonds is 4. The van der Waals surface area contributed by atoms with Crippen molar-refractivity contribution >= 4 is 26.7 Å². The van der Waals surface area contributed by atoms with Gasteiger partial charge in [-0.2, -0.15) is 0 Å². The zero-order valence-electron chi connectivity index (χ0n) is 14.2. The summed E-state index contributed by atoms with van der Waals surface area (Å²) in [5.74, 6) is -0.461. The fourth-order valence-corrected chi connectivity index (χ4v) is 4.98. The van der Waals surface area contributed by atoms with E-state index in [1.54, 1.807) is 6.20 Å². The Morgan fingerprint density at radius 2 is 1.81 bits per heavy atom. The lowest BCUT2D eigenvalue weighted by molar-refractivity contribution is 0.0358. The quantitative estimate of drug-likeness (QED) is 0.663. The van der Waals surface area contributed by atoms with E-state index in [0.717, 1.165) is 16.5 Å². The Morgan fingerprint density at radius 1 is 1.08 bits per heavy atom. The summed E-state index contributed by atoms with van der Waals surface area (Å²) in [6.07, 6.45) is 1.61. The van der Waals surface area contributed by atoms with Crippen molar-refractivity contribution in [1.82, 2.24) is 4.57 Å². The summed E-state index contributed by atoms with van der Waals surface area (Å²) >= 11 is 0. The predicted octanol–water partition coefficient (Wildman–Crippen LogP) is 3.03. The second kappa shape index (κ2) is 6.61. The molecule has 2 aromatic carbocycles. The molecule has 5 nitrogen and oxygen atoms in total. The van der Waals surface area contributed by atoms with Gasteiger partial charge < -0.3 is 9.30 Å². The molecule has 0 aliphatic carbocycles. The van der Waals surface area contributed by atoms with Gasteiger partial charge in [0.05, 0.1) is 17.1 Å². The highest BCUT2D eigenvalue weighted by molar-refractivity contribution is 7.91. The molecule has 1 atom stereocenters. The maximum Gasteiger partial charge on any atom is 0.340 e. The van der Waals surface area contributed by atoms with Gasteiger partial charge in [-0.1, -0.05) is 48.5 Å². The summed E-state index contributed by atoms with van der Waals surface area (Å²) in [6.45, 7) is 0.645. The molecule has 1 aliphatic heterocycles. The minimum atomic E-state index is -3.08. The molecule has 6 heteroatoms. The number of para-hydroxylation sites is 1. The van der Waals surface area contributed by atoms with Crippen molar-refractivity contribution in [3.05, 3.63) is 71.9 Å². The maximum absolute atomic E-state index is 12.7. The van der Waals surface area contributed by atoms with E-state index in [9.17, 15) is 13.2 Å². The summed E-state index contributed by atoms with van der Waals surface area (Å²) in [7, 11) is -3.08. The van der Waals surface area contributed by atoms with Gasteiger partial charge in [0.25, 0.3) is 0 Å². The number of hydrogen-bond donors (Lipinski definition) is 0. The van der Waals surface area contributed by atoms with Crippen LogP contribution in [0.15, 0.2) is 60.8 Å². The van der Waals surface area contributed by atoms with Crippen molar-refractivity contribution in [1.29, 1.82) is 0 Å². The van der Waals surface area contributed by atoms with E-state index < -0.39 is 21.9 Å². The van der Waals surface area contributed by atoms with Crippen LogP contribution in [0.2, 0.25) is 0 Å². The fraction of sp³-hybridized carbons (Fsp3) is 0.250. The molecule has 0 amide bonds. The maximum atomic E-state index is 12.7. The molecule has 1 aliphatic rings. The van der Waals surface area contributed by atoms with Gasteiger partial charge in [0.1, 0.15) is 6.10 Å². The number of aromatic nitrogens is 1. The molecular formula is C20H19NO4S. The highest BCUT2D eigenvalue weighted by Crippen LogP contribution is 2.25. The van der Waals surface area contributed by atoms with Crippen LogP contribution in [-0.2, 0) is 21.1 Å². The molecule has 0 unspecified atom stereocenters. The van der Waals surface area contributed by atoms with E-state index in [1.807, 2.05) is 59.2 Å². The van der Waals surface area contributed by atoms with Gasteiger partial charge in [-0.25, -0.2) is 13.2 Å². The lowest BCUT2D eigenvalue weighted by atomic mass is 10.2. The van der Waals surface area contributed by atoms with Crippen LogP contribution in [0.3, 0.4) is 0 Å². The Hall–Kier alpha value is -2.60. The first kappa shape index (κ1) is 16.8. The predicted molar refractivity (Wildman–Crippen MR) is 100.0 cm³/mol. The van der Waals surface area contributed by atoms with Crippen LogP contribution in [-0.4, -0.2) is 36.6 Å². The minimum absolute atomic E-state index is 0.0819. The molecule has 1 saturated heterocycles. The molecule has 0 bridgehead atoms. The van der Waals surface area contributed by atoms with Crippen molar-refractivity contribution in [2.75, 3.05) is 11.5 Å². The van der Waals surface area contributed by atoms with Gasteiger partial charge in [0.2, 0.25) is 0 Å². The lowest BCUT2D eigenvalue weighted by Gasteiger charge is -2.09. The van der Waals surface area contributed by atoms with Crippen molar-refractivity contribution in [2.45, 2.75) is 19.1 Å². The van der Waals surface area contributed by atoms with Crippen LogP contribution in [0.5, 0.6) is 0 Å². The third-order valence-corrected chi connectivity index (χ3v) is 6.41. The molecule has 26 heavy (non-hydrogen) atoms. The fourth-order valence-electron chi connectivity index (χ4n) is 3.39. The monoisotopic (exact) mass is 369 g/mol. The van der Waals surface area contributed by atoms with Crippen LogP contribution < -0.4 is 0 Å². The van der Waals surface area contributed by atoms with Crippen molar-refractivity contribution in [3.8, 4) is 0 Å². The number of nitrogens with zero attached hydrogens (tertiary/aromatic N) is 1. The highest BCUT2D eigenvalue weighted by Gasteiger charge is 2.31. The Kier molecular flexibility index (Phi) is 4.28.